The SMILES string of the molecule is CCc1oc2ccccc2c1CN(C)C(=O)c1ccc(OCc2c(C)noc2C)cc1. The van der Waals surface area contributed by atoms with Crippen LogP contribution in [0.25, 0.3) is 11.0 Å². The summed E-state index contributed by atoms with van der Waals surface area (Å²) < 4.78 is 17.0. The molecule has 6 nitrogen and oxygen atoms in total. The van der Waals surface area contributed by atoms with Crippen molar-refractivity contribution in [3.05, 3.63) is 82.4 Å². The van der Waals surface area contributed by atoms with E-state index in [2.05, 4.69) is 12.1 Å². The molecule has 2 aromatic carbocycles. The van der Waals surface area contributed by atoms with E-state index in [1.54, 1.807) is 17.0 Å². The molecule has 0 radical (unpaired) electrons. The molecule has 2 heterocycles. The van der Waals surface area contributed by atoms with Gasteiger partial charge in [0.15, 0.2) is 0 Å². The highest BCUT2D eigenvalue weighted by atomic mass is 16.5. The lowest BCUT2D eigenvalue weighted by atomic mass is 10.1. The number of carbonyl (C=O) groups excluding carboxylic acids is 1. The van der Waals surface area contributed by atoms with Crippen molar-refractivity contribution in [1.29, 1.82) is 0 Å². The van der Waals surface area contributed by atoms with Crippen molar-refractivity contribution in [2.75, 3.05) is 7.05 Å². The standard InChI is InChI=1S/C25H26N2O4/c1-5-23-21(20-8-6-7-9-24(20)30-23)14-27(4)25(28)18-10-12-19(13-11-18)29-15-22-16(2)26-31-17(22)3/h6-13H,5,14-15H2,1-4H3. The van der Waals surface area contributed by atoms with Crippen molar-refractivity contribution in [2.24, 2.45) is 0 Å². The average Bonchev–Trinajstić information content (AvgIpc) is 3.31. The van der Waals surface area contributed by atoms with Gasteiger partial charge in [-0.3, -0.25) is 4.79 Å². The Bertz CT molecular complexity index is 1180. The minimum Gasteiger partial charge on any atom is -0.489 e. The molecule has 0 bridgehead atoms. The largest absolute Gasteiger partial charge is 0.489 e. The summed E-state index contributed by atoms with van der Waals surface area (Å²) >= 11 is 0. The molecule has 6 heteroatoms. The van der Waals surface area contributed by atoms with Gasteiger partial charge in [0.1, 0.15) is 29.5 Å². The first-order chi connectivity index (χ1) is 15.0. The van der Waals surface area contributed by atoms with E-state index in [1.807, 2.05) is 57.3 Å². The van der Waals surface area contributed by atoms with Crippen LogP contribution in [0.2, 0.25) is 0 Å². The molecule has 4 aromatic rings. The van der Waals surface area contributed by atoms with E-state index in [4.69, 9.17) is 13.7 Å². The molecule has 0 saturated carbocycles. The molecule has 0 spiro atoms. The van der Waals surface area contributed by atoms with Crippen LogP contribution in [0.5, 0.6) is 5.75 Å². The number of aromatic nitrogens is 1. The first-order valence-electron chi connectivity index (χ1n) is 10.4. The van der Waals surface area contributed by atoms with Crippen LogP contribution in [0, 0.1) is 13.8 Å². The summed E-state index contributed by atoms with van der Waals surface area (Å²) in [7, 11) is 1.81. The predicted molar refractivity (Wildman–Crippen MR) is 118 cm³/mol. The fraction of sp³-hybridized carbons (Fsp3) is 0.280. The number of fused-ring (bicyclic) bond motifs is 1. The monoisotopic (exact) mass is 418 g/mol. The maximum absolute atomic E-state index is 13.0. The number of benzene rings is 2. The number of ether oxygens (including phenoxy) is 1. The Labute approximate surface area is 181 Å². The molecule has 0 saturated heterocycles. The maximum atomic E-state index is 13.0. The third kappa shape index (κ3) is 4.19. The molecule has 160 valence electrons. The van der Waals surface area contributed by atoms with Gasteiger partial charge >= 0.3 is 0 Å². The summed E-state index contributed by atoms with van der Waals surface area (Å²) in [6.45, 7) is 6.68. The Morgan fingerprint density at radius 1 is 1.06 bits per heavy atom. The number of aryl methyl sites for hydroxylation is 3. The number of amides is 1. The zero-order chi connectivity index (χ0) is 22.0. The van der Waals surface area contributed by atoms with Gasteiger partial charge in [0.05, 0.1) is 11.3 Å². The lowest BCUT2D eigenvalue weighted by Gasteiger charge is -2.18. The van der Waals surface area contributed by atoms with Gasteiger partial charge in [0, 0.05) is 36.5 Å². The van der Waals surface area contributed by atoms with Crippen LogP contribution in [0.15, 0.2) is 57.5 Å². The van der Waals surface area contributed by atoms with E-state index in [-0.39, 0.29) is 5.91 Å². The predicted octanol–water partition coefficient (Wildman–Crippen LogP) is 5.45. The Morgan fingerprint density at radius 2 is 1.81 bits per heavy atom. The lowest BCUT2D eigenvalue weighted by Crippen LogP contribution is -2.26. The Hall–Kier alpha value is -3.54. The van der Waals surface area contributed by atoms with Crippen LogP contribution in [-0.2, 0) is 19.6 Å². The Balaban J connectivity index is 1.45. The molecule has 0 aliphatic heterocycles. The highest BCUT2D eigenvalue weighted by Gasteiger charge is 2.18. The van der Waals surface area contributed by atoms with Crippen molar-refractivity contribution >= 4 is 16.9 Å². The second kappa shape index (κ2) is 8.68. The van der Waals surface area contributed by atoms with Crippen molar-refractivity contribution in [2.45, 2.75) is 40.3 Å². The van der Waals surface area contributed by atoms with Crippen LogP contribution >= 0.6 is 0 Å². The summed E-state index contributed by atoms with van der Waals surface area (Å²) in [6.07, 6.45) is 0.781. The molecule has 1 amide bonds. The number of carbonyl (C=O) groups is 1. The van der Waals surface area contributed by atoms with E-state index in [0.29, 0.717) is 24.5 Å². The number of hydrogen-bond acceptors (Lipinski definition) is 5. The van der Waals surface area contributed by atoms with Crippen LogP contribution < -0.4 is 4.74 Å². The minimum absolute atomic E-state index is 0.0513. The number of para-hydroxylation sites is 1. The summed E-state index contributed by atoms with van der Waals surface area (Å²) in [6, 6.07) is 15.1. The van der Waals surface area contributed by atoms with Gasteiger partial charge in [0.2, 0.25) is 0 Å². The normalized spacial score (nSPS) is 11.1. The first-order valence-corrected chi connectivity index (χ1v) is 10.4. The molecule has 0 N–H and O–H groups in total. The quantitative estimate of drug-likeness (QED) is 0.399. The second-order valence-electron chi connectivity index (χ2n) is 7.63. The molecule has 4 rings (SSSR count). The molecule has 0 unspecified atom stereocenters. The average molecular weight is 418 g/mol. The molecule has 0 atom stereocenters. The summed E-state index contributed by atoms with van der Waals surface area (Å²) in [5, 5.41) is 4.99. The highest BCUT2D eigenvalue weighted by molar-refractivity contribution is 5.94. The van der Waals surface area contributed by atoms with Gasteiger partial charge in [-0.1, -0.05) is 30.3 Å². The van der Waals surface area contributed by atoms with Crippen LogP contribution in [0.1, 0.15) is 45.6 Å². The molecule has 0 aliphatic carbocycles. The van der Waals surface area contributed by atoms with E-state index in [1.165, 1.54) is 0 Å². The molecule has 2 aromatic heterocycles. The third-order valence-corrected chi connectivity index (χ3v) is 5.51. The van der Waals surface area contributed by atoms with Gasteiger partial charge in [0.25, 0.3) is 5.91 Å². The topological polar surface area (TPSA) is 68.7 Å². The molecule has 31 heavy (non-hydrogen) atoms. The van der Waals surface area contributed by atoms with Gasteiger partial charge < -0.3 is 18.6 Å². The number of nitrogens with zero attached hydrogens (tertiary/aromatic N) is 2. The van der Waals surface area contributed by atoms with E-state index < -0.39 is 0 Å². The number of rotatable bonds is 7. The van der Waals surface area contributed by atoms with Crippen molar-refractivity contribution < 1.29 is 18.5 Å². The van der Waals surface area contributed by atoms with Gasteiger partial charge in [-0.15, -0.1) is 0 Å². The van der Waals surface area contributed by atoms with E-state index in [0.717, 1.165) is 45.7 Å². The summed E-state index contributed by atoms with van der Waals surface area (Å²) in [4.78, 5) is 14.7. The summed E-state index contributed by atoms with van der Waals surface area (Å²) in [5.74, 6) is 2.31. The third-order valence-electron chi connectivity index (χ3n) is 5.51. The zero-order valence-corrected chi connectivity index (χ0v) is 18.3. The van der Waals surface area contributed by atoms with E-state index >= 15 is 0 Å². The second-order valence-corrected chi connectivity index (χ2v) is 7.63. The molecular weight excluding hydrogens is 392 g/mol. The maximum Gasteiger partial charge on any atom is 0.253 e. The summed E-state index contributed by atoms with van der Waals surface area (Å²) in [5.41, 5.74) is 4.30. The number of furan rings is 1. The minimum atomic E-state index is -0.0513. The van der Waals surface area contributed by atoms with Crippen molar-refractivity contribution in [3.8, 4) is 5.75 Å². The van der Waals surface area contributed by atoms with Crippen molar-refractivity contribution in [3.63, 3.8) is 0 Å². The smallest absolute Gasteiger partial charge is 0.253 e. The van der Waals surface area contributed by atoms with E-state index in [9.17, 15) is 4.79 Å². The van der Waals surface area contributed by atoms with Gasteiger partial charge in [-0.25, -0.2) is 0 Å². The number of hydrogen-bond donors (Lipinski definition) is 0. The lowest BCUT2D eigenvalue weighted by molar-refractivity contribution is 0.0785. The van der Waals surface area contributed by atoms with Crippen LogP contribution in [0.4, 0.5) is 0 Å². The van der Waals surface area contributed by atoms with Crippen molar-refractivity contribution in [1.82, 2.24) is 10.1 Å². The molecule has 0 aliphatic rings. The van der Waals surface area contributed by atoms with Crippen LogP contribution in [0.3, 0.4) is 0 Å². The fourth-order valence-corrected chi connectivity index (χ4v) is 3.69. The van der Waals surface area contributed by atoms with Gasteiger partial charge in [-0.2, -0.15) is 0 Å². The molecule has 0 fully saturated rings. The first kappa shape index (κ1) is 20.7. The molecular formula is C25H26N2O4. The highest BCUT2D eigenvalue weighted by Crippen LogP contribution is 2.28. The zero-order valence-electron chi connectivity index (χ0n) is 18.3. The Morgan fingerprint density at radius 3 is 2.48 bits per heavy atom. The fourth-order valence-electron chi connectivity index (χ4n) is 3.69. The van der Waals surface area contributed by atoms with Gasteiger partial charge in [-0.05, 0) is 44.2 Å². The Kier molecular flexibility index (Phi) is 5.80. The van der Waals surface area contributed by atoms with Crippen LogP contribution in [-0.4, -0.2) is 23.0 Å².